The molecule has 1 aliphatic rings. The number of alkyl halides is 2. The maximum absolute atomic E-state index is 12.8. The monoisotopic (exact) mass is 426 g/mol. The number of halogens is 2. The number of carbonyl (C=O) groups is 1. The maximum Gasteiger partial charge on any atom is 0.288 e. The topological polar surface area (TPSA) is 75.3 Å². The molecule has 2 aromatic carbocycles. The zero-order valence-corrected chi connectivity index (χ0v) is 16.9. The van der Waals surface area contributed by atoms with Crippen molar-refractivity contribution in [2.45, 2.75) is 35.8 Å². The van der Waals surface area contributed by atoms with E-state index in [1.54, 1.807) is 19.1 Å². The van der Waals surface area contributed by atoms with Crippen LogP contribution in [-0.4, -0.2) is 20.1 Å². The van der Waals surface area contributed by atoms with Gasteiger partial charge in [-0.05, 0) is 61.2 Å². The van der Waals surface area contributed by atoms with Gasteiger partial charge in [-0.25, -0.2) is 8.42 Å². The highest BCUT2D eigenvalue weighted by atomic mass is 32.2. The second-order valence-electron chi connectivity index (χ2n) is 6.80. The van der Waals surface area contributed by atoms with Gasteiger partial charge in [-0.1, -0.05) is 24.8 Å². The predicted molar refractivity (Wildman–Crippen MR) is 106 cm³/mol. The van der Waals surface area contributed by atoms with E-state index in [0.717, 1.165) is 6.42 Å². The highest BCUT2D eigenvalue weighted by molar-refractivity contribution is 7.99. The molecule has 0 saturated heterocycles. The molecule has 1 fully saturated rings. The minimum Gasteiger partial charge on any atom is -0.326 e. The van der Waals surface area contributed by atoms with E-state index >= 15 is 0 Å². The number of nitrogens with one attached hydrogen (secondary N) is 2. The summed E-state index contributed by atoms with van der Waals surface area (Å²) in [4.78, 5) is 12.5. The van der Waals surface area contributed by atoms with Gasteiger partial charge in [0.1, 0.15) is 0 Å². The number of rotatable bonds is 7. The number of anilines is 2. The summed E-state index contributed by atoms with van der Waals surface area (Å²) in [6, 6.07) is 10.4. The van der Waals surface area contributed by atoms with Crippen molar-refractivity contribution in [3.63, 3.8) is 0 Å². The van der Waals surface area contributed by atoms with Crippen LogP contribution in [0.5, 0.6) is 0 Å². The van der Waals surface area contributed by atoms with E-state index in [1.165, 1.54) is 30.3 Å². The lowest BCUT2D eigenvalue weighted by molar-refractivity contribution is -0.117. The Kier molecular flexibility index (Phi) is 5.95. The van der Waals surface area contributed by atoms with Crippen LogP contribution in [-0.2, 0) is 14.8 Å². The molecule has 0 aliphatic heterocycles. The largest absolute Gasteiger partial charge is 0.326 e. The summed E-state index contributed by atoms with van der Waals surface area (Å²) in [5.41, 5.74) is 1.20. The Labute approximate surface area is 167 Å². The molecule has 0 aromatic heterocycles. The third-order valence-electron chi connectivity index (χ3n) is 4.52. The van der Waals surface area contributed by atoms with Crippen LogP contribution in [0.3, 0.4) is 0 Å². The quantitative estimate of drug-likeness (QED) is 0.629. The molecule has 1 amide bonds. The minimum atomic E-state index is -3.91. The van der Waals surface area contributed by atoms with Gasteiger partial charge >= 0.3 is 0 Å². The zero-order chi connectivity index (χ0) is 20.5. The molecule has 0 bridgehead atoms. The van der Waals surface area contributed by atoms with Crippen molar-refractivity contribution in [2.75, 3.05) is 10.0 Å². The molecular formula is C19H20F2N2O3S2. The molecular weight excluding hydrogens is 406 g/mol. The average Bonchev–Trinajstić information content (AvgIpc) is 3.34. The number of carbonyl (C=O) groups excluding carboxylic acids is 1. The molecule has 2 aromatic rings. The normalized spacial score (nSPS) is 18.8. The van der Waals surface area contributed by atoms with E-state index in [4.69, 9.17) is 0 Å². The third-order valence-corrected chi connectivity index (χ3v) is 6.77. The van der Waals surface area contributed by atoms with Gasteiger partial charge in [-0.15, -0.1) is 0 Å². The van der Waals surface area contributed by atoms with Crippen molar-refractivity contribution in [3.8, 4) is 0 Å². The molecule has 1 aliphatic carbocycles. The lowest BCUT2D eigenvalue weighted by Crippen LogP contribution is -2.17. The molecule has 150 valence electrons. The summed E-state index contributed by atoms with van der Waals surface area (Å²) in [7, 11) is -3.91. The molecule has 28 heavy (non-hydrogen) atoms. The van der Waals surface area contributed by atoms with E-state index in [1.807, 2.05) is 6.92 Å². The van der Waals surface area contributed by atoms with Crippen molar-refractivity contribution in [3.05, 3.63) is 48.0 Å². The number of hydrogen-bond donors (Lipinski definition) is 2. The van der Waals surface area contributed by atoms with Gasteiger partial charge in [0.05, 0.1) is 4.90 Å². The van der Waals surface area contributed by atoms with E-state index in [2.05, 4.69) is 10.0 Å². The van der Waals surface area contributed by atoms with Gasteiger partial charge in [0.25, 0.3) is 15.8 Å². The Balaban J connectivity index is 1.77. The van der Waals surface area contributed by atoms with Crippen LogP contribution >= 0.6 is 11.8 Å². The van der Waals surface area contributed by atoms with Gasteiger partial charge in [0, 0.05) is 22.2 Å². The first-order chi connectivity index (χ1) is 13.2. The molecule has 2 N–H and O–H groups in total. The number of hydrogen-bond acceptors (Lipinski definition) is 4. The number of sulfonamides is 1. The van der Waals surface area contributed by atoms with Crippen LogP contribution in [0.25, 0.3) is 0 Å². The lowest BCUT2D eigenvalue weighted by Gasteiger charge is -2.13. The second-order valence-corrected chi connectivity index (χ2v) is 9.51. The number of amides is 1. The van der Waals surface area contributed by atoms with Crippen LogP contribution in [0.4, 0.5) is 20.2 Å². The number of benzene rings is 2. The first-order valence-corrected chi connectivity index (χ1v) is 11.0. The molecule has 0 spiro atoms. The lowest BCUT2D eigenvalue weighted by atomic mass is 10.2. The van der Waals surface area contributed by atoms with Gasteiger partial charge in [-0.3, -0.25) is 9.52 Å². The van der Waals surface area contributed by atoms with Crippen molar-refractivity contribution in [1.82, 2.24) is 0 Å². The highest BCUT2D eigenvalue weighted by Gasteiger charge is 2.39. The maximum atomic E-state index is 12.8. The predicted octanol–water partition coefficient (Wildman–Crippen LogP) is 4.71. The van der Waals surface area contributed by atoms with Crippen LogP contribution in [0, 0.1) is 18.8 Å². The standard InChI is InChI=1S/C19H20F2N2O3S2/c1-11-3-4-14(22-18(24)16-9-12(16)2)10-17(11)28(25,26)23-13-5-7-15(8-6-13)27-19(20)21/h3-8,10,12,16,19,23H,9H2,1-2H3,(H,22,24)/t12-,16-/m1/s1. The first-order valence-electron chi connectivity index (χ1n) is 8.65. The molecule has 0 radical (unpaired) electrons. The first kappa shape index (κ1) is 20.6. The van der Waals surface area contributed by atoms with Crippen molar-refractivity contribution in [1.29, 1.82) is 0 Å². The van der Waals surface area contributed by atoms with Gasteiger partial charge < -0.3 is 5.32 Å². The fraction of sp³-hybridized carbons (Fsp3) is 0.316. The van der Waals surface area contributed by atoms with Gasteiger partial charge in [0.15, 0.2) is 0 Å². The Morgan fingerprint density at radius 2 is 1.75 bits per heavy atom. The smallest absolute Gasteiger partial charge is 0.288 e. The van der Waals surface area contributed by atoms with Crippen molar-refractivity contribution < 1.29 is 22.0 Å². The van der Waals surface area contributed by atoms with E-state index in [-0.39, 0.29) is 22.4 Å². The Hall–Kier alpha value is -2.13. The Morgan fingerprint density at radius 1 is 1.14 bits per heavy atom. The average molecular weight is 427 g/mol. The summed E-state index contributed by atoms with van der Waals surface area (Å²) in [5, 5.41) is 2.76. The Bertz CT molecular complexity index is 979. The van der Waals surface area contributed by atoms with Crippen LogP contribution in [0.1, 0.15) is 18.9 Å². The van der Waals surface area contributed by atoms with Crippen LogP contribution < -0.4 is 10.0 Å². The van der Waals surface area contributed by atoms with Gasteiger partial charge in [-0.2, -0.15) is 8.78 Å². The van der Waals surface area contributed by atoms with Crippen LogP contribution in [0.2, 0.25) is 0 Å². The molecule has 5 nitrogen and oxygen atoms in total. The minimum absolute atomic E-state index is 0.0240. The summed E-state index contributed by atoms with van der Waals surface area (Å²) in [6.07, 6.45) is 0.838. The SMILES string of the molecule is Cc1ccc(NC(=O)[C@@H]2C[C@H]2C)cc1S(=O)(=O)Nc1ccc(SC(F)F)cc1. The van der Waals surface area contributed by atoms with E-state index < -0.39 is 15.8 Å². The van der Waals surface area contributed by atoms with E-state index in [0.29, 0.717) is 33.8 Å². The molecule has 0 heterocycles. The Morgan fingerprint density at radius 3 is 2.32 bits per heavy atom. The third kappa shape index (κ3) is 5.02. The number of aryl methyl sites for hydroxylation is 1. The van der Waals surface area contributed by atoms with Crippen LogP contribution in [0.15, 0.2) is 52.3 Å². The molecule has 3 rings (SSSR count). The zero-order valence-electron chi connectivity index (χ0n) is 15.3. The highest BCUT2D eigenvalue weighted by Crippen LogP contribution is 2.38. The van der Waals surface area contributed by atoms with Crippen molar-refractivity contribution >= 4 is 39.1 Å². The molecule has 0 unspecified atom stereocenters. The van der Waals surface area contributed by atoms with Crippen molar-refractivity contribution in [2.24, 2.45) is 11.8 Å². The summed E-state index contributed by atoms with van der Waals surface area (Å²) in [5.74, 6) is -2.33. The number of thioether (sulfide) groups is 1. The second kappa shape index (κ2) is 8.08. The van der Waals surface area contributed by atoms with E-state index in [9.17, 15) is 22.0 Å². The summed E-state index contributed by atoms with van der Waals surface area (Å²) in [6.45, 7) is 3.65. The fourth-order valence-electron chi connectivity index (χ4n) is 2.80. The van der Waals surface area contributed by atoms with Gasteiger partial charge in [0.2, 0.25) is 5.91 Å². The molecule has 9 heteroatoms. The molecule has 1 saturated carbocycles. The fourth-order valence-corrected chi connectivity index (χ4v) is 4.63. The molecule has 2 atom stereocenters. The summed E-state index contributed by atoms with van der Waals surface area (Å²) >= 11 is 0.388. The summed E-state index contributed by atoms with van der Waals surface area (Å²) < 4.78 is 52.8.